The first-order chi connectivity index (χ1) is 6.18. The first-order valence-electron chi connectivity index (χ1n) is 4.43. The Bertz CT molecular complexity index is 267. The lowest BCUT2D eigenvalue weighted by Crippen LogP contribution is -2.31. The highest BCUT2D eigenvalue weighted by Crippen LogP contribution is 1.98. The third-order valence-electron chi connectivity index (χ3n) is 1.60. The maximum absolute atomic E-state index is 11.3. The monoisotopic (exact) mass is 176 g/mol. The van der Waals surface area contributed by atoms with Gasteiger partial charge in [0.15, 0.2) is 0 Å². The quantitative estimate of drug-likeness (QED) is 0.744. The largest absolute Gasteiger partial charge is 0.354 e. The van der Waals surface area contributed by atoms with Crippen molar-refractivity contribution in [1.29, 1.82) is 0 Å². The second-order valence-electron chi connectivity index (χ2n) is 3.31. The molecule has 0 fully saturated rings. The average molecular weight is 176 g/mol. The molecule has 0 bridgehead atoms. The minimum atomic E-state index is 0.0706. The highest BCUT2D eigenvalue weighted by atomic mass is 16.1. The number of amides is 1. The number of hydrogen-bond donors (Lipinski definition) is 1. The van der Waals surface area contributed by atoms with Gasteiger partial charge in [-0.1, -0.05) is 24.3 Å². The standard InChI is InChI=1S/C11H14NO/c1-9(2)12-11(13)8-10-6-4-3-5-7-10/h4-7,9H,8H2,1-2H3,(H,12,13). The summed E-state index contributed by atoms with van der Waals surface area (Å²) in [7, 11) is 0. The molecule has 13 heavy (non-hydrogen) atoms. The van der Waals surface area contributed by atoms with Crippen molar-refractivity contribution in [3.63, 3.8) is 0 Å². The molecule has 1 radical (unpaired) electrons. The SMILES string of the molecule is CC(C)NC(=O)Cc1cc[c]cc1. The molecule has 0 atom stereocenters. The summed E-state index contributed by atoms with van der Waals surface area (Å²) in [6.07, 6.45) is 0.451. The third-order valence-corrected chi connectivity index (χ3v) is 1.60. The Morgan fingerprint density at radius 1 is 1.46 bits per heavy atom. The molecule has 0 saturated heterocycles. The van der Waals surface area contributed by atoms with Crippen LogP contribution in [0.3, 0.4) is 0 Å². The van der Waals surface area contributed by atoms with Crippen molar-refractivity contribution < 1.29 is 4.79 Å². The van der Waals surface area contributed by atoms with E-state index < -0.39 is 0 Å². The van der Waals surface area contributed by atoms with Crippen LogP contribution in [0.2, 0.25) is 0 Å². The molecule has 0 aliphatic rings. The number of nitrogens with one attached hydrogen (secondary N) is 1. The Balaban J connectivity index is 2.46. The molecule has 0 aromatic heterocycles. The van der Waals surface area contributed by atoms with Gasteiger partial charge < -0.3 is 5.32 Å². The maximum atomic E-state index is 11.3. The van der Waals surface area contributed by atoms with E-state index in [2.05, 4.69) is 11.4 Å². The predicted octanol–water partition coefficient (Wildman–Crippen LogP) is 1.55. The van der Waals surface area contributed by atoms with E-state index in [0.29, 0.717) is 6.42 Å². The van der Waals surface area contributed by atoms with Gasteiger partial charge >= 0.3 is 0 Å². The van der Waals surface area contributed by atoms with Crippen LogP contribution in [0.15, 0.2) is 24.3 Å². The summed E-state index contributed by atoms with van der Waals surface area (Å²) in [4.78, 5) is 11.3. The molecule has 0 heterocycles. The molecular formula is C11H14NO. The molecule has 1 aromatic carbocycles. The van der Waals surface area contributed by atoms with E-state index in [4.69, 9.17) is 0 Å². The molecule has 0 spiro atoms. The predicted molar refractivity (Wildman–Crippen MR) is 52.3 cm³/mol. The van der Waals surface area contributed by atoms with E-state index in [9.17, 15) is 4.79 Å². The van der Waals surface area contributed by atoms with Gasteiger partial charge in [0.1, 0.15) is 0 Å². The number of benzene rings is 1. The molecule has 69 valence electrons. The zero-order valence-electron chi connectivity index (χ0n) is 8.00. The van der Waals surface area contributed by atoms with Crippen LogP contribution in [0.1, 0.15) is 19.4 Å². The van der Waals surface area contributed by atoms with Crippen molar-refractivity contribution in [2.45, 2.75) is 26.3 Å². The molecule has 0 saturated carbocycles. The summed E-state index contributed by atoms with van der Waals surface area (Å²) in [5.41, 5.74) is 1.02. The molecule has 1 aromatic rings. The fraction of sp³-hybridized carbons (Fsp3) is 0.364. The van der Waals surface area contributed by atoms with Crippen LogP contribution in [0.5, 0.6) is 0 Å². The van der Waals surface area contributed by atoms with E-state index in [1.165, 1.54) is 0 Å². The highest BCUT2D eigenvalue weighted by molar-refractivity contribution is 5.78. The van der Waals surface area contributed by atoms with Crippen LogP contribution in [-0.4, -0.2) is 11.9 Å². The van der Waals surface area contributed by atoms with Gasteiger partial charge in [-0.25, -0.2) is 0 Å². The van der Waals surface area contributed by atoms with Crippen molar-refractivity contribution in [1.82, 2.24) is 5.32 Å². The average Bonchev–Trinajstić information content (AvgIpc) is 2.04. The molecular weight excluding hydrogens is 162 g/mol. The summed E-state index contributed by atoms with van der Waals surface area (Å²) in [6, 6.07) is 10.6. The summed E-state index contributed by atoms with van der Waals surface area (Å²) < 4.78 is 0. The number of hydrogen-bond acceptors (Lipinski definition) is 1. The molecule has 1 amide bonds. The molecule has 0 aliphatic heterocycles. The first kappa shape index (κ1) is 9.78. The number of rotatable bonds is 3. The summed E-state index contributed by atoms with van der Waals surface area (Å²) >= 11 is 0. The molecule has 2 heteroatoms. The van der Waals surface area contributed by atoms with E-state index in [1.807, 2.05) is 38.1 Å². The van der Waals surface area contributed by atoms with Gasteiger partial charge in [0.25, 0.3) is 0 Å². The number of carbonyl (C=O) groups is 1. The Morgan fingerprint density at radius 3 is 2.62 bits per heavy atom. The zero-order chi connectivity index (χ0) is 9.68. The topological polar surface area (TPSA) is 29.1 Å². The van der Waals surface area contributed by atoms with Crippen LogP contribution < -0.4 is 5.32 Å². The second kappa shape index (κ2) is 4.65. The van der Waals surface area contributed by atoms with Gasteiger partial charge in [-0.05, 0) is 25.5 Å². The van der Waals surface area contributed by atoms with E-state index in [0.717, 1.165) is 5.56 Å². The summed E-state index contributed by atoms with van der Waals surface area (Å²) in [6.45, 7) is 3.91. The normalized spacial score (nSPS) is 10.1. The zero-order valence-corrected chi connectivity index (χ0v) is 8.00. The smallest absolute Gasteiger partial charge is 0.224 e. The van der Waals surface area contributed by atoms with Crippen LogP contribution in [0, 0.1) is 6.07 Å². The summed E-state index contributed by atoms with van der Waals surface area (Å²) in [5.74, 6) is 0.0706. The van der Waals surface area contributed by atoms with Crippen molar-refractivity contribution in [3.05, 3.63) is 35.9 Å². The van der Waals surface area contributed by atoms with Crippen LogP contribution >= 0.6 is 0 Å². The Morgan fingerprint density at radius 2 is 2.08 bits per heavy atom. The van der Waals surface area contributed by atoms with Crippen LogP contribution in [0.25, 0.3) is 0 Å². The third kappa shape index (κ3) is 3.74. The Kier molecular flexibility index (Phi) is 3.50. The van der Waals surface area contributed by atoms with Crippen molar-refractivity contribution in [2.24, 2.45) is 0 Å². The lowest BCUT2D eigenvalue weighted by molar-refractivity contribution is -0.120. The molecule has 2 nitrogen and oxygen atoms in total. The fourth-order valence-electron chi connectivity index (χ4n) is 1.10. The molecule has 0 aliphatic carbocycles. The minimum absolute atomic E-state index is 0.0706. The summed E-state index contributed by atoms with van der Waals surface area (Å²) in [5, 5.41) is 2.84. The van der Waals surface area contributed by atoms with Crippen molar-refractivity contribution >= 4 is 5.91 Å². The van der Waals surface area contributed by atoms with Gasteiger partial charge in [0.05, 0.1) is 6.42 Å². The molecule has 0 unspecified atom stereocenters. The Hall–Kier alpha value is -1.31. The van der Waals surface area contributed by atoms with Gasteiger partial charge in [-0.3, -0.25) is 4.79 Å². The maximum Gasteiger partial charge on any atom is 0.224 e. The van der Waals surface area contributed by atoms with Crippen LogP contribution in [0.4, 0.5) is 0 Å². The van der Waals surface area contributed by atoms with Crippen molar-refractivity contribution in [2.75, 3.05) is 0 Å². The van der Waals surface area contributed by atoms with E-state index in [1.54, 1.807) is 0 Å². The van der Waals surface area contributed by atoms with Gasteiger partial charge in [0, 0.05) is 6.04 Å². The fourth-order valence-corrected chi connectivity index (χ4v) is 1.10. The number of carbonyl (C=O) groups excluding carboxylic acids is 1. The highest BCUT2D eigenvalue weighted by Gasteiger charge is 2.03. The van der Waals surface area contributed by atoms with Gasteiger partial charge in [-0.2, -0.15) is 0 Å². The lowest BCUT2D eigenvalue weighted by Gasteiger charge is -2.07. The molecule has 1 rings (SSSR count). The van der Waals surface area contributed by atoms with E-state index in [-0.39, 0.29) is 11.9 Å². The van der Waals surface area contributed by atoms with Crippen LogP contribution in [-0.2, 0) is 11.2 Å². The molecule has 1 N–H and O–H groups in total. The second-order valence-corrected chi connectivity index (χ2v) is 3.31. The minimum Gasteiger partial charge on any atom is -0.354 e. The lowest BCUT2D eigenvalue weighted by atomic mass is 10.1. The van der Waals surface area contributed by atoms with E-state index >= 15 is 0 Å². The van der Waals surface area contributed by atoms with Crippen molar-refractivity contribution in [3.8, 4) is 0 Å². The first-order valence-corrected chi connectivity index (χ1v) is 4.43. The van der Waals surface area contributed by atoms with Gasteiger partial charge in [-0.15, -0.1) is 0 Å². The van der Waals surface area contributed by atoms with Gasteiger partial charge in [0.2, 0.25) is 5.91 Å². The Labute approximate surface area is 79.0 Å².